The van der Waals surface area contributed by atoms with Crippen molar-refractivity contribution in [1.29, 1.82) is 0 Å². The van der Waals surface area contributed by atoms with Gasteiger partial charge in [0.1, 0.15) is 18.0 Å². The van der Waals surface area contributed by atoms with Gasteiger partial charge in [0.25, 0.3) is 0 Å². The minimum atomic E-state index is 0. The number of nitrogen functional groups attached to an aromatic ring is 1. The van der Waals surface area contributed by atoms with Gasteiger partial charge in [-0.25, -0.2) is 16.4 Å². The number of nitrogens with zero attached hydrogens (tertiary/aromatic N) is 3. The van der Waals surface area contributed by atoms with Crippen LogP contribution in [0.4, 0.5) is 11.6 Å². The van der Waals surface area contributed by atoms with Gasteiger partial charge in [-0.15, -0.1) is 0 Å². The summed E-state index contributed by atoms with van der Waals surface area (Å²) in [6, 6.07) is 1.82. The van der Waals surface area contributed by atoms with E-state index in [0.29, 0.717) is 5.82 Å². The molecule has 0 aliphatic carbocycles. The molecule has 1 saturated heterocycles. The average Bonchev–Trinajstić information content (AvgIpc) is 2.30. The molecule has 0 spiro atoms. The van der Waals surface area contributed by atoms with E-state index in [1.807, 2.05) is 6.07 Å². The van der Waals surface area contributed by atoms with Crippen molar-refractivity contribution in [1.82, 2.24) is 9.97 Å². The van der Waals surface area contributed by atoms with Crippen LogP contribution in [0.3, 0.4) is 0 Å². The topological polar surface area (TPSA) is 55.0 Å². The molecule has 0 bridgehead atoms. The van der Waals surface area contributed by atoms with Gasteiger partial charge in [0.2, 0.25) is 0 Å². The number of rotatable bonds is 2. The smallest absolute Gasteiger partial charge is 0.384 e. The Morgan fingerprint density at radius 2 is 2.00 bits per heavy atom. The molecule has 5 heteroatoms. The maximum atomic E-state index is 5.64. The van der Waals surface area contributed by atoms with Crippen molar-refractivity contribution >= 4 is 11.6 Å². The zero-order valence-electron chi connectivity index (χ0n) is 10.0. The van der Waals surface area contributed by atoms with Crippen LogP contribution in [0.15, 0.2) is 12.4 Å². The first kappa shape index (κ1) is 14.8. The van der Waals surface area contributed by atoms with Crippen LogP contribution in [0.25, 0.3) is 0 Å². The van der Waals surface area contributed by atoms with E-state index in [1.54, 1.807) is 0 Å². The van der Waals surface area contributed by atoms with E-state index in [9.17, 15) is 0 Å². The number of hydrogen-bond donors (Lipinski definition) is 1. The maximum absolute atomic E-state index is 5.64. The average molecular weight is 456 g/mol. The van der Waals surface area contributed by atoms with Gasteiger partial charge in [0.15, 0.2) is 0 Å². The number of aromatic nitrogens is 2. The molecule has 1 aliphatic rings. The molecule has 1 aromatic rings. The fourth-order valence-corrected chi connectivity index (χ4v) is 1.99. The molecule has 2 heterocycles. The number of nitrogens with two attached hydrogens (primary N) is 1. The molecule has 17 heavy (non-hydrogen) atoms. The third-order valence-electron chi connectivity index (χ3n) is 3.35. The quantitative estimate of drug-likeness (QED) is 0.689. The second-order valence-electron chi connectivity index (χ2n) is 4.54. The molecule has 1 aliphatic heterocycles. The Kier molecular flexibility index (Phi) is 5.27. The van der Waals surface area contributed by atoms with Gasteiger partial charge in [-0.2, -0.15) is 5.41 Å². The number of anilines is 2. The van der Waals surface area contributed by atoms with Gasteiger partial charge < -0.3 is 24.5 Å². The van der Waals surface area contributed by atoms with Gasteiger partial charge >= 0.3 is 31.1 Å². The van der Waals surface area contributed by atoms with E-state index in [0.717, 1.165) is 38.2 Å². The molecule has 0 unspecified atom stereocenters. The van der Waals surface area contributed by atoms with Crippen LogP contribution in [-0.2, 0) is 0 Å². The zero-order chi connectivity index (χ0) is 11.6. The summed E-state index contributed by atoms with van der Waals surface area (Å²) in [6.07, 6.45) is 4.52. The van der Waals surface area contributed by atoms with E-state index in [1.165, 1.54) is 6.33 Å². The van der Waals surface area contributed by atoms with E-state index in [-0.39, 0.29) is 36.5 Å². The van der Waals surface area contributed by atoms with E-state index >= 15 is 0 Å². The summed E-state index contributed by atoms with van der Waals surface area (Å²) >= 11 is 0. The molecule has 2 N–H and O–H groups in total. The van der Waals surface area contributed by atoms with Crippen LogP contribution >= 0.6 is 0 Å². The summed E-state index contributed by atoms with van der Waals surface area (Å²) < 4.78 is 0. The predicted octanol–water partition coefficient (Wildman–Crippen LogP) is 1.70. The van der Waals surface area contributed by atoms with Crippen LogP contribution in [0.2, 0.25) is 0 Å². The number of hydrogen-bond acceptors (Lipinski definition) is 4. The van der Waals surface area contributed by atoms with E-state index in [2.05, 4.69) is 28.7 Å². The SMILES string of the molecule is [CH2-]CC1([CH2-])CCN(c2cc(N)ncn2)CC1.[U+2]. The van der Waals surface area contributed by atoms with Crippen molar-refractivity contribution in [3.63, 3.8) is 0 Å². The van der Waals surface area contributed by atoms with Crippen molar-refractivity contribution in [3.05, 3.63) is 26.2 Å². The Morgan fingerprint density at radius 3 is 2.53 bits per heavy atom. The van der Waals surface area contributed by atoms with Crippen molar-refractivity contribution < 1.29 is 31.1 Å². The second kappa shape index (κ2) is 6.06. The Labute approximate surface area is 127 Å². The number of piperidine rings is 1. The molecule has 4 nitrogen and oxygen atoms in total. The van der Waals surface area contributed by atoms with Crippen molar-refractivity contribution in [3.8, 4) is 0 Å². The largest absolute Gasteiger partial charge is 2.00 e. The minimum Gasteiger partial charge on any atom is -0.384 e. The maximum Gasteiger partial charge on any atom is 2.00 e. The molecule has 0 saturated carbocycles. The first-order valence-corrected chi connectivity index (χ1v) is 5.60. The summed E-state index contributed by atoms with van der Waals surface area (Å²) in [5, 5.41) is 0. The summed E-state index contributed by atoms with van der Waals surface area (Å²) in [4.78, 5) is 10.4. The minimum absolute atomic E-state index is 0. The Bertz CT molecular complexity index is 361. The molecular formula is C12H18N4U. The van der Waals surface area contributed by atoms with Crippen molar-refractivity contribution in [2.24, 2.45) is 5.41 Å². The van der Waals surface area contributed by atoms with Crippen molar-refractivity contribution in [2.45, 2.75) is 19.3 Å². The third-order valence-corrected chi connectivity index (χ3v) is 3.35. The Balaban J connectivity index is 0.00000144. The van der Waals surface area contributed by atoms with Gasteiger partial charge in [-0.05, 0) is 0 Å². The molecule has 0 atom stereocenters. The van der Waals surface area contributed by atoms with Gasteiger partial charge in [0, 0.05) is 19.2 Å². The van der Waals surface area contributed by atoms with Gasteiger partial charge in [-0.1, -0.05) is 12.8 Å². The second-order valence-corrected chi connectivity index (χ2v) is 4.54. The predicted molar refractivity (Wildman–Crippen MR) is 65.7 cm³/mol. The van der Waals surface area contributed by atoms with Crippen molar-refractivity contribution in [2.75, 3.05) is 23.7 Å². The molecule has 0 amide bonds. The first-order chi connectivity index (χ1) is 7.63. The van der Waals surface area contributed by atoms with Crippen LogP contribution in [0, 0.1) is 50.4 Å². The fraction of sp³-hybridized carbons (Fsp3) is 0.500. The molecule has 1 aromatic heterocycles. The zero-order valence-corrected chi connectivity index (χ0v) is 14.2. The van der Waals surface area contributed by atoms with Crippen LogP contribution in [0.5, 0.6) is 0 Å². The fourth-order valence-electron chi connectivity index (χ4n) is 1.99. The Morgan fingerprint density at radius 1 is 1.35 bits per heavy atom. The molecule has 0 aromatic carbocycles. The van der Waals surface area contributed by atoms with Crippen LogP contribution < -0.4 is 10.6 Å². The molecule has 2 rings (SSSR count). The normalized spacial score (nSPS) is 18.6. The summed E-state index contributed by atoms with van der Waals surface area (Å²) in [5.41, 5.74) is 5.79. The Hall–Kier alpha value is -0.268. The standard InChI is InChI=1S/C12H18N4.U/c1-3-12(2)4-6-16(7-5-12)11-8-10(13)14-9-15-11;/h8-9H,1-7H2,(H2,13,14,15);/q-2;+2. The molecule has 90 valence electrons. The summed E-state index contributed by atoms with van der Waals surface area (Å²) in [7, 11) is 0. The monoisotopic (exact) mass is 456 g/mol. The van der Waals surface area contributed by atoms with E-state index < -0.39 is 0 Å². The van der Waals surface area contributed by atoms with Crippen LogP contribution in [-0.4, -0.2) is 23.1 Å². The molecular weight excluding hydrogens is 438 g/mol. The first-order valence-electron chi connectivity index (χ1n) is 5.60. The van der Waals surface area contributed by atoms with Crippen LogP contribution in [0.1, 0.15) is 19.3 Å². The third kappa shape index (κ3) is 3.59. The molecule has 1 fully saturated rings. The summed E-state index contributed by atoms with van der Waals surface area (Å²) in [6.45, 7) is 10.1. The molecule has 0 radical (unpaired) electrons. The van der Waals surface area contributed by atoms with Gasteiger partial charge in [-0.3, -0.25) is 0 Å². The van der Waals surface area contributed by atoms with E-state index in [4.69, 9.17) is 5.73 Å². The summed E-state index contributed by atoms with van der Waals surface area (Å²) in [5.74, 6) is 1.44. The van der Waals surface area contributed by atoms with Gasteiger partial charge in [0.05, 0.1) is 0 Å².